The van der Waals surface area contributed by atoms with Gasteiger partial charge in [0, 0.05) is 5.56 Å². The topological polar surface area (TPSA) is 38.1 Å². The summed E-state index contributed by atoms with van der Waals surface area (Å²) in [6, 6.07) is 16.7. The molecule has 4 rings (SSSR count). The van der Waals surface area contributed by atoms with Gasteiger partial charge in [-0.3, -0.25) is 0 Å². The highest BCUT2D eigenvalue weighted by molar-refractivity contribution is 5.70. The molecular formula is C17H14N2O. The molecule has 1 atom stereocenters. The molecule has 0 saturated heterocycles. The fourth-order valence-corrected chi connectivity index (χ4v) is 3.04. The van der Waals surface area contributed by atoms with Crippen LogP contribution < -0.4 is 0 Å². The van der Waals surface area contributed by atoms with Crippen LogP contribution in [0, 0.1) is 0 Å². The van der Waals surface area contributed by atoms with Gasteiger partial charge >= 0.3 is 0 Å². The molecule has 20 heavy (non-hydrogen) atoms. The molecule has 0 amide bonds. The predicted molar refractivity (Wildman–Crippen MR) is 77.3 cm³/mol. The normalized spacial score (nSPS) is 15.9. The van der Waals surface area contributed by atoms with Crippen molar-refractivity contribution >= 4 is 0 Å². The molecule has 2 aromatic carbocycles. The number of fused-ring (bicyclic) bond motifs is 3. The Balaban J connectivity index is 1.94. The average Bonchev–Trinajstić information content (AvgIpc) is 3.07. The van der Waals surface area contributed by atoms with Gasteiger partial charge in [-0.05, 0) is 16.7 Å². The number of rotatable bonds is 2. The molecule has 1 aliphatic rings. The maximum absolute atomic E-state index is 9.34. The number of imidazole rings is 1. The molecule has 98 valence electrons. The zero-order valence-corrected chi connectivity index (χ0v) is 10.9. The van der Waals surface area contributed by atoms with Crippen molar-refractivity contribution in [3.63, 3.8) is 0 Å². The number of benzene rings is 2. The van der Waals surface area contributed by atoms with E-state index in [4.69, 9.17) is 0 Å². The van der Waals surface area contributed by atoms with E-state index in [0.717, 1.165) is 11.3 Å². The summed E-state index contributed by atoms with van der Waals surface area (Å²) < 4.78 is 2.20. The van der Waals surface area contributed by atoms with Gasteiger partial charge < -0.3 is 9.67 Å². The second-order valence-electron chi connectivity index (χ2n) is 5.08. The van der Waals surface area contributed by atoms with Gasteiger partial charge in [0.2, 0.25) is 0 Å². The molecule has 0 spiro atoms. The Bertz CT molecular complexity index is 776. The van der Waals surface area contributed by atoms with Crippen LogP contribution >= 0.6 is 0 Å². The van der Waals surface area contributed by atoms with Crippen molar-refractivity contribution in [2.75, 3.05) is 0 Å². The second-order valence-corrected chi connectivity index (χ2v) is 5.08. The summed E-state index contributed by atoms with van der Waals surface area (Å²) in [5.74, 6) is 0. The molecule has 0 saturated carbocycles. The highest BCUT2D eigenvalue weighted by Gasteiger charge is 2.29. The van der Waals surface area contributed by atoms with Gasteiger partial charge in [-0.15, -0.1) is 0 Å². The number of aromatic nitrogens is 2. The largest absolute Gasteiger partial charge is 0.392 e. The first-order chi connectivity index (χ1) is 9.88. The third-order valence-corrected chi connectivity index (χ3v) is 3.92. The number of aliphatic hydroxyl groups excluding tert-OH is 1. The third kappa shape index (κ3) is 1.53. The van der Waals surface area contributed by atoms with Crippen molar-refractivity contribution in [2.45, 2.75) is 12.6 Å². The SMILES string of the molecule is OCc1cccc([C@@H]2c3ccccc3-c3cncn32)c1. The Kier molecular flexibility index (Phi) is 2.47. The summed E-state index contributed by atoms with van der Waals surface area (Å²) in [4.78, 5) is 4.27. The highest BCUT2D eigenvalue weighted by Crippen LogP contribution is 2.42. The molecule has 0 radical (unpaired) electrons. The summed E-state index contributed by atoms with van der Waals surface area (Å²) in [5, 5.41) is 9.34. The van der Waals surface area contributed by atoms with Crippen LogP contribution in [0.15, 0.2) is 61.1 Å². The fraction of sp³-hybridized carbons (Fsp3) is 0.118. The molecule has 2 heterocycles. The van der Waals surface area contributed by atoms with Crippen LogP contribution in [0.1, 0.15) is 22.7 Å². The average molecular weight is 262 g/mol. The minimum absolute atomic E-state index is 0.0684. The lowest BCUT2D eigenvalue weighted by Gasteiger charge is -2.16. The van der Waals surface area contributed by atoms with Crippen LogP contribution in [0.4, 0.5) is 0 Å². The van der Waals surface area contributed by atoms with Gasteiger partial charge in [0.05, 0.1) is 30.9 Å². The van der Waals surface area contributed by atoms with Crippen LogP contribution in [-0.2, 0) is 6.61 Å². The lowest BCUT2D eigenvalue weighted by atomic mass is 9.96. The van der Waals surface area contributed by atoms with Gasteiger partial charge in [0.15, 0.2) is 0 Å². The van der Waals surface area contributed by atoms with E-state index < -0.39 is 0 Å². The second kappa shape index (κ2) is 4.32. The zero-order valence-electron chi connectivity index (χ0n) is 10.9. The Labute approximate surface area is 117 Å². The van der Waals surface area contributed by atoms with E-state index >= 15 is 0 Å². The van der Waals surface area contributed by atoms with Gasteiger partial charge in [0.1, 0.15) is 0 Å². The van der Waals surface area contributed by atoms with Crippen molar-refractivity contribution in [3.05, 3.63) is 77.7 Å². The fourth-order valence-electron chi connectivity index (χ4n) is 3.04. The molecule has 0 unspecified atom stereocenters. The van der Waals surface area contributed by atoms with E-state index in [2.05, 4.69) is 45.9 Å². The molecule has 0 bridgehead atoms. The zero-order chi connectivity index (χ0) is 13.5. The Hall–Kier alpha value is -2.39. The van der Waals surface area contributed by atoms with Crippen molar-refractivity contribution in [3.8, 4) is 11.3 Å². The highest BCUT2D eigenvalue weighted by atomic mass is 16.3. The van der Waals surface area contributed by atoms with Crippen LogP contribution in [0.2, 0.25) is 0 Å². The van der Waals surface area contributed by atoms with Crippen molar-refractivity contribution < 1.29 is 5.11 Å². The summed E-state index contributed by atoms with van der Waals surface area (Å²) in [6.07, 6.45) is 3.79. The van der Waals surface area contributed by atoms with E-state index in [0.29, 0.717) is 0 Å². The van der Waals surface area contributed by atoms with E-state index in [1.807, 2.05) is 24.7 Å². The molecule has 3 heteroatoms. The van der Waals surface area contributed by atoms with Crippen molar-refractivity contribution in [1.29, 1.82) is 0 Å². The molecular weight excluding hydrogens is 248 g/mol. The van der Waals surface area contributed by atoms with E-state index in [1.165, 1.54) is 16.7 Å². The number of hydrogen-bond acceptors (Lipinski definition) is 2. The van der Waals surface area contributed by atoms with Crippen LogP contribution in [0.25, 0.3) is 11.3 Å². The third-order valence-electron chi connectivity index (χ3n) is 3.92. The van der Waals surface area contributed by atoms with Gasteiger partial charge in [-0.25, -0.2) is 4.98 Å². The molecule has 3 aromatic rings. The first-order valence-corrected chi connectivity index (χ1v) is 6.69. The van der Waals surface area contributed by atoms with Gasteiger partial charge in [-0.2, -0.15) is 0 Å². The van der Waals surface area contributed by atoms with E-state index in [1.54, 1.807) is 0 Å². The molecule has 3 nitrogen and oxygen atoms in total. The van der Waals surface area contributed by atoms with Gasteiger partial charge in [0.25, 0.3) is 0 Å². The van der Waals surface area contributed by atoms with Crippen LogP contribution in [0.5, 0.6) is 0 Å². The molecule has 1 aliphatic heterocycles. The van der Waals surface area contributed by atoms with Crippen molar-refractivity contribution in [2.24, 2.45) is 0 Å². The molecule has 0 aliphatic carbocycles. The molecule has 1 aromatic heterocycles. The van der Waals surface area contributed by atoms with Gasteiger partial charge in [-0.1, -0.05) is 48.5 Å². The minimum atomic E-state index is 0.0684. The smallest absolute Gasteiger partial charge is 0.0959 e. The predicted octanol–water partition coefficient (Wildman–Crippen LogP) is 2.99. The first-order valence-electron chi connectivity index (χ1n) is 6.69. The summed E-state index contributed by atoms with van der Waals surface area (Å²) in [5.41, 5.74) is 5.80. The Morgan fingerprint density at radius 3 is 2.90 bits per heavy atom. The summed E-state index contributed by atoms with van der Waals surface area (Å²) in [7, 11) is 0. The quantitative estimate of drug-likeness (QED) is 0.603. The lowest BCUT2D eigenvalue weighted by Crippen LogP contribution is -2.07. The first kappa shape index (κ1) is 11.4. The van der Waals surface area contributed by atoms with E-state index in [-0.39, 0.29) is 12.6 Å². The monoisotopic (exact) mass is 262 g/mol. The van der Waals surface area contributed by atoms with Crippen LogP contribution in [-0.4, -0.2) is 14.7 Å². The summed E-state index contributed by atoms with van der Waals surface area (Å²) >= 11 is 0. The number of aliphatic hydroxyl groups is 1. The number of nitrogens with zero attached hydrogens (tertiary/aromatic N) is 2. The van der Waals surface area contributed by atoms with E-state index in [9.17, 15) is 5.11 Å². The number of hydrogen-bond donors (Lipinski definition) is 1. The van der Waals surface area contributed by atoms with Crippen LogP contribution in [0.3, 0.4) is 0 Å². The van der Waals surface area contributed by atoms with Crippen molar-refractivity contribution in [1.82, 2.24) is 9.55 Å². The summed E-state index contributed by atoms with van der Waals surface area (Å²) in [6.45, 7) is 0.0684. The minimum Gasteiger partial charge on any atom is -0.392 e. The standard InChI is InChI=1S/C17H14N2O/c20-10-12-4-3-5-13(8-12)17-15-7-2-1-6-14(15)16-9-18-11-19(16)17/h1-9,11,17,20H,10H2/t17-/m1/s1. The Morgan fingerprint density at radius 2 is 2.00 bits per heavy atom. The lowest BCUT2D eigenvalue weighted by molar-refractivity contribution is 0.281. The Morgan fingerprint density at radius 1 is 1.10 bits per heavy atom. The molecule has 1 N–H and O–H groups in total. The maximum Gasteiger partial charge on any atom is 0.0959 e. The molecule has 0 fully saturated rings. The maximum atomic E-state index is 9.34.